The standard InChI is InChI=1S/C21H31N5O3/c1-15-11-23-19-16(13-25(20(19)24-15)8-3-4-9-28-2)14-26(17-5-6-17)21(27)18-12-22-7-10-29-18/h11,13,17-18,22H,3-10,12,14H2,1-2H3/t18-/m1/s1. The van der Waals surface area contributed by atoms with E-state index >= 15 is 0 Å². The van der Waals surface area contributed by atoms with Crippen LogP contribution in [-0.4, -0.2) is 70.9 Å². The molecular formula is C21H31N5O3. The molecule has 158 valence electrons. The fourth-order valence-corrected chi connectivity index (χ4v) is 3.88. The zero-order valence-electron chi connectivity index (χ0n) is 17.4. The minimum absolute atomic E-state index is 0.0840. The smallest absolute Gasteiger partial charge is 0.253 e. The maximum Gasteiger partial charge on any atom is 0.253 e. The monoisotopic (exact) mass is 401 g/mol. The molecule has 2 aromatic rings. The van der Waals surface area contributed by atoms with Gasteiger partial charge in [-0.05, 0) is 32.6 Å². The molecule has 1 saturated carbocycles. The minimum atomic E-state index is -0.389. The van der Waals surface area contributed by atoms with E-state index in [1.165, 1.54) is 0 Å². The van der Waals surface area contributed by atoms with Crippen LogP contribution in [0.1, 0.15) is 36.9 Å². The van der Waals surface area contributed by atoms with Gasteiger partial charge in [0.2, 0.25) is 0 Å². The largest absolute Gasteiger partial charge is 0.385 e. The third kappa shape index (κ3) is 4.76. The molecule has 2 aliphatic rings. The van der Waals surface area contributed by atoms with Gasteiger partial charge in [0.05, 0.1) is 12.3 Å². The molecular weight excluding hydrogens is 370 g/mol. The van der Waals surface area contributed by atoms with Crippen LogP contribution in [0.5, 0.6) is 0 Å². The summed E-state index contributed by atoms with van der Waals surface area (Å²) in [6, 6.07) is 0.312. The molecule has 0 aromatic carbocycles. The highest BCUT2D eigenvalue weighted by Crippen LogP contribution is 2.31. The molecule has 4 rings (SSSR count). The lowest BCUT2D eigenvalue weighted by atomic mass is 10.2. The Bertz CT molecular complexity index is 842. The number of aromatic nitrogens is 3. The Morgan fingerprint density at radius 1 is 1.41 bits per heavy atom. The van der Waals surface area contributed by atoms with Crippen LogP contribution in [0, 0.1) is 6.92 Å². The topological polar surface area (TPSA) is 81.5 Å². The van der Waals surface area contributed by atoms with E-state index in [2.05, 4.69) is 21.1 Å². The second kappa shape index (κ2) is 9.19. The summed E-state index contributed by atoms with van der Waals surface area (Å²) in [5.41, 5.74) is 3.75. The predicted molar refractivity (Wildman–Crippen MR) is 110 cm³/mol. The van der Waals surface area contributed by atoms with Crippen molar-refractivity contribution in [1.29, 1.82) is 0 Å². The average Bonchev–Trinajstić information content (AvgIpc) is 3.53. The summed E-state index contributed by atoms with van der Waals surface area (Å²) >= 11 is 0. The van der Waals surface area contributed by atoms with Crippen LogP contribution in [0.25, 0.3) is 11.2 Å². The molecule has 3 heterocycles. The van der Waals surface area contributed by atoms with Crippen LogP contribution < -0.4 is 5.32 Å². The molecule has 1 N–H and O–H groups in total. The molecule has 8 nitrogen and oxygen atoms in total. The SMILES string of the molecule is COCCCCn1cc(CN(C(=O)[C@H]2CNCCO2)C2CC2)c2ncc(C)nc21. The van der Waals surface area contributed by atoms with Gasteiger partial charge in [0, 0.05) is 63.9 Å². The lowest BCUT2D eigenvalue weighted by Gasteiger charge is -2.29. The number of rotatable bonds is 9. The Morgan fingerprint density at radius 2 is 2.28 bits per heavy atom. The summed E-state index contributed by atoms with van der Waals surface area (Å²) < 4.78 is 13.1. The second-order valence-electron chi connectivity index (χ2n) is 7.99. The van der Waals surface area contributed by atoms with E-state index in [9.17, 15) is 4.79 Å². The van der Waals surface area contributed by atoms with E-state index in [-0.39, 0.29) is 12.0 Å². The molecule has 1 saturated heterocycles. The first-order valence-electron chi connectivity index (χ1n) is 10.6. The molecule has 1 amide bonds. The average molecular weight is 402 g/mol. The fraction of sp³-hybridized carbons (Fsp3) is 0.667. The van der Waals surface area contributed by atoms with Crippen molar-refractivity contribution in [2.75, 3.05) is 33.4 Å². The van der Waals surface area contributed by atoms with Gasteiger partial charge in [-0.3, -0.25) is 9.78 Å². The van der Waals surface area contributed by atoms with Crippen molar-refractivity contribution < 1.29 is 14.3 Å². The molecule has 2 aromatic heterocycles. The number of hydrogen-bond donors (Lipinski definition) is 1. The Balaban J connectivity index is 1.56. The zero-order chi connectivity index (χ0) is 20.2. The number of amides is 1. The quantitative estimate of drug-likeness (QED) is 0.644. The van der Waals surface area contributed by atoms with Gasteiger partial charge in [-0.1, -0.05) is 0 Å². The van der Waals surface area contributed by atoms with Gasteiger partial charge in [0.1, 0.15) is 11.6 Å². The molecule has 0 bridgehead atoms. The van der Waals surface area contributed by atoms with Crippen molar-refractivity contribution in [3.05, 3.63) is 23.7 Å². The van der Waals surface area contributed by atoms with Crippen LogP contribution in [0.4, 0.5) is 0 Å². The Labute approximate surface area is 171 Å². The molecule has 8 heteroatoms. The summed E-state index contributed by atoms with van der Waals surface area (Å²) in [6.45, 7) is 6.12. The van der Waals surface area contributed by atoms with E-state index in [1.807, 2.05) is 11.8 Å². The molecule has 1 atom stereocenters. The zero-order valence-corrected chi connectivity index (χ0v) is 17.4. The Kier molecular flexibility index (Phi) is 6.42. The maximum absolute atomic E-state index is 13.1. The van der Waals surface area contributed by atoms with Crippen LogP contribution >= 0.6 is 0 Å². The third-order valence-corrected chi connectivity index (χ3v) is 5.57. The molecule has 2 fully saturated rings. The number of unbranched alkanes of at least 4 members (excludes halogenated alkanes) is 1. The fourth-order valence-electron chi connectivity index (χ4n) is 3.88. The number of morpholine rings is 1. The number of nitrogens with zero attached hydrogens (tertiary/aromatic N) is 4. The van der Waals surface area contributed by atoms with Gasteiger partial charge in [0.15, 0.2) is 5.65 Å². The van der Waals surface area contributed by atoms with Gasteiger partial charge in [-0.2, -0.15) is 0 Å². The molecule has 0 spiro atoms. The van der Waals surface area contributed by atoms with Crippen LogP contribution in [0.15, 0.2) is 12.4 Å². The highest BCUT2D eigenvalue weighted by atomic mass is 16.5. The molecule has 29 heavy (non-hydrogen) atoms. The van der Waals surface area contributed by atoms with E-state index in [0.29, 0.717) is 25.7 Å². The highest BCUT2D eigenvalue weighted by Gasteiger charge is 2.37. The normalized spacial score (nSPS) is 19.6. The molecule has 1 aliphatic heterocycles. The van der Waals surface area contributed by atoms with Gasteiger partial charge < -0.3 is 24.3 Å². The number of carbonyl (C=O) groups is 1. The molecule has 0 radical (unpaired) electrons. The van der Waals surface area contributed by atoms with E-state index in [0.717, 1.165) is 67.8 Å². The maximum atomic E-state index is 13.1. The van der Waals surface area contributed by atoms with Crippen molar-refractivity contribution in [2.45, 2.75) is 57.8 Å². The van der Waals surface area contributed by atoms with Gasteiger partial charge in [-0.15, -0.1) is 0 Å². The number of ether oxygens (including phenoxy) is 2. The van der Waals surface area contributed by atoms with Crippen LogP contribution in [-0.2, 0) is 27.4 Å². The van der Waals surface area contributed by atoms with Gasteiger partial charge >= 0.3 is 0 Å². The van der Waals surface area contributed by atoms with Crippen LogP contribution in [0.3, 0.4) is 0 Å². The number of aryl methyl sites for hydroxylation is 2. The number of methoxy groups -OCH3 is 1. The number of carbonyl (C=O) groups excluding carboxylic acids is 1. The Morgan fingerprint density at radius 3 is 3.00 bits per heavy atom. The van der Waals surface area contributed by atoms with Crippen molar-refractivity contribution >= 4 is 17.1 Å². The lowest BCUT2D eigenvalue weighted by Crippen LogP contribution is -2.49. The molecule has 1 aliphatic carbocycles. The second-order valence-corrected chi connectivity index (χ2v) is 7.99. The predicted octanol–water partition coefficient (Wildman–Crippen LogP) is 1.65. The minimum Gasteiger partial charge on any atom is -0.385 e. The van der Waals surface area contributed by atoms with E-state index < -0.39 is 0 Å². The number of nitrogens with one attached hydrogen (secondary N) is 1. The first kappa shape index (κ1) is 20.3. The summed E-state index contributed by atoms with van der Waals surface area (Å²) in [7, 11) is 1.73. The first-order valence-corrected chi connectivity index (χ1v) is 10.6. The van der Waals surface area contributed by atoms with E-state index in [4.69, 9.17) is 14.5 Å². The third-order valence-electron chi connectivity index (χ3n) is 5.57. The van der Waals surface area contributed by atoms with Crippen molar-refractivity contribution in [3.8, 4) is 0 Å². The van der Waals surface area contributed by atoms with Gasteiger partial charge in [0.25, 0.3) is 5.91 Å². The highest BCUT2D eigenvalue weighted by molar-refractivity contribution is 5.83. The van der Waals surface area contributed by atoms with E-state index in [1.54, 1.807) is 13.3 Å². The van der Waals surface area contributed by atoms with Crippen molar-refractivity contribution in [3.63, 3.8) is 0 Å². The lowest BCUT2D eigenvalue weighted by molar-refractivity contribution is -0.146. The van der Waals surface area contributed by atoms with Gasteiger partial charge in [-0.25, -0.2) is 4.98 Å². The summed E-state index contributed by atoms with van der Waals surface area (Å²) in [6.07, 6.45) is 7.68. The van der Waals surface area contributed by atoms with Crippen LogP contribution in [0.2, 0.25) is 0 Å². The first-order chi connectivity index (χ1) is 14.2. The van der Waals surface area contributed by atoms with Crippen molar-refractivity contribution in [1.82, 2.24) is 24.8 Å². The summed E-state index contributed by atoms with van der Waals surface area (Å²) in [4.78, 5) is 24.5. The number of hydrogen-bond acceptors (Lipinski definition) is 6. The number of fused-ring (bicyclic) bond motifs is 1. The summed E-state index contributed by atoms with van der Waals surface area (Å²) in [5, 5.41) is 3.26. The van der Waals surface area contributed by atoms with Crippen molar-refractivity contribution in [2.24, 2.45) is 0 Å². The molecule has 0 unspecified atom stereocenters. The Hall–Kier alpha value is -2.03. The summed E-state index contributed by atoms with van der Waals surface area (Å²) in [5.74, 6) is 0.0840.